The first-order valence-corrected chi connectivity index (χ1v) is 7.07. The van der Waals surface area contributed by atoms with Gasteiger partial charge in [0.1, 0.15) is 16.3 Å². The second-order valence-corrected chi connectivity index (χ2v) is 5.71. The van der Waals surface area contributed by atoms with Gasteiger partial charge in [-0.05, 0) is 37.4 Å². The van der Waals surface area contributed by atoms with Gasteiger partial charge in [0.25, 0.3) is 0 Å². The Labute approximate surface area is 114 Å². The number of aromatic nitrogens is 4. The summed E-state index contributed by atoms with van der Waals surface area (Å²) in [7, 11) is 0. The molecule has 0 spiro atoms. The lowest BCUT2D eigenvalue weighted by atomic mass is 10.2. The van der Waals surface area contributed by atoms with E-state index in [2.05, 4.69) is 13.9 Å². The molecule has 19 heavy (non-hydrogen) atoms. The van der Waals surface area contributed by atoms with E-state index < -0.39 is 0 Å². The Morgan fingerprint density at radius 1 is 1.42 bits per heavy atom. The third kappa shape index (κ3) is 1.56. The van der Waals surface area contributed by atoms with Crippen LogP contribution in [0.25, 0.3) is 22.4 Å². The predicted molar refractivity (Wildman–Crippen MR) is 76.1 cm³/mol. The van der Waals surface area contributed by atoms with Crippen LogP contribution in [0.2, 0.25) is 0 Å². The maximum Gasteiger partial charge on any atom is 0.146 e. The summed E-state index contributed by atoms with van der Waals surface area (Å²) in [4.78, 5) is 8.88. The number of imidazole rings is 1. The number of aryl methyl sites for hydroxylation is 1. The topological polar surface area (TPSA) is 69.6 Å². The van der Waals surface area contributed by atoms with Gasteiger partial charge in [-0.2, -0.15) is 4.37 Å². The molecule has 3 aromatic heterocycles. The minimum atomic E-state index is 0.543. The van der Waals surface area contributed by atoms with Crippen LogP contribution in [0.4, 0.5) is 5.00 Å². The first-order chi connectivity index (χ1) is 9.25. The average molecular weight is 271 g/mol. The van der Waals surface area contributed by atoms with Gasteiger partial charge in [0, 0.05) is 12.2 Å². The SMILES string of the molecule is Cc1nsc(N)c1-c1nc2cnccc2n1C1CC1. The summed E-state index contributed by atoms with van der Waals surface area (Å²) < 4.78 is 6.63. The molecule has 1 fully saturated rings. The Morgan fingerprint density at radius 2 is 2.26 bits per heavy atom. The van der Waals surface area contributed by atoms with Crippen LogP contribution >= 0.6 is 11.5 Å². The molecule has 2 N–H and O–H groups in total. The molecule has 0 bridgehead atoms. The molecule has 1 saturated carbocycles. The lowest BCUT2D eigenvalue weighted by Gasteiger charge is -2.07. The van der Waals surface area contributed by atoms with Gasteiger partial charge in [-0.1, -0.05) is 0 Å². The van der Waals surface area contributed by atoms with E-state index >= 15 is 0 Å². The highest BCUT2D eigenvalue weighted by atomic mass is 32.1. The number of pyridine rings is 1. The van der Waals surface area contributed by atoms with E-state index in [1.807, 2.05) is 25.4 Å². The average Bonchev–Trinajstić information content (AvgIpc) is 3.09. The Kier molecular flexibility index (Phi) is 2.17. The number of nitrogen functional groups attached to an aromatic ring is 1. The number of hydrogen-bond acceptors (Lipinski definition) is 5. The van der Waals surface area contributed by atoms with Gasteiger partial charge >= 0.3 is 0 Å². The minimum Gasteiger partial charge on any atom is -0.389 e. The normalized spacial score (nSPS) is 15.2. The molecule has 0 amide bonds. The van der Waals surface area contributed by atoms with Crippen LogP contribution in [0.15, 0.2) is 18.5 Å². The van der Waals surface area contributed by atoms with E-state index in [1.165, 1.54) is 24.4 Å². The van der Waals surface area contributed by atoms with E-state index in [9.17, 15) is 0 Å². The van der Waals surface area contributed by atoms with E-state index in [4.69, 9.17) is 10.7 Å². The van der Waals surface area contributed by atoms with Crippen molar-refractivity contribution in [1.29, 1.82) is 0 Å². The molecule has 0 unspecified atom stereocenters. The molecule has 1 aliphatic rings. The predicted octanol–water partition coefficient (Wildman–Crippen LogP) is 2.78. The van der Waals surface area contributed by atoms with Crippen LogP contribution in [0.1, 0.15) is 24.6 Å². The molecule has 0 aliphatic heterocycles. The van der Waals surface area contributed by atoms with Crippen LogP contribution in [-0.2, 0) is 0 Å². The highest BCUT2D eigenvalue weighted by molar-refractivity contribution is 7.10. The number of nitrogens with zero attached hydrogens (tertiary/aromatic N) is 4. The molecule has 6 heteroatoms. The van der Waals surface area contributed by atoms with E-state index in [0.29, 0.717) is 6.04 Å². The molecular weight excluding hydrogens is 258 g/mol. The summed E-state index contributed by atoms with van der Waals surface area (Å²) in [6, 6.07) is 2.57. The van der Waals surface area contributed by atoms with Gasteiger partial charge < -0.3 is 10.3 Å². The zero-order chi connectivity index (χ0) is 13.0. The molecule has 5 nitrogen and oxygen atoms in total. The number of anilines is 1. The number of fused-ring (bicyclic) bond motifs is 1. The molecule has 3 heterocycles. The highest BCUT2D eigenvalue weighted by Crippen LogP contribution is 2.43. The van der Waals surface area contributed by atoms with Gasteiger partial charge in [0.15, 0.2) is 0 Å². The van der Waals surface area contributed by atoms with Gasteiger partial charge in [-0.25, -0.2) is 4.98 Å². The number of rotatable bonds is 2. The van der Waals surface area contributed by atoms with Crippen molar-refractivity contribution in [3.8, 4) is 11.4 Å². The first-order valence-electron chi connectivity index (χ1n) is 6.30. The molecular formula is C13H13N5S. The largest absolute Gasteiger partial charge is 0.389 e. The zero-order valence-electron chi connectivity index (χ0n) is 10.5. The maximum atomic E-state index is 6.07. The summed E-state index contributed by atoms with van der Waals surface area (Å²) in [6.07, 6.45) is 6.03. The summed E-state index contributed by atoms with van der Waals surface area (Å²) >= 11 is 1.34. The quantitative estimate of drug-likeness (QED) is 0.778. The van der Waals surface area contributed by atoms with Gasteiger partial charge in [-0.3, -0.25) is 4.98 Å². The van der Waals surface area contributed by atoms with Crippen molar-refractivity contribution in [2.24, 2.45) is 0 Å². The fourth-order valence-electron chi connectivity index (χ4n) is 2.49. The third-order valence-corrected chi connectivity index (χ3v) is 4.28. The van der Waals surface area contributed by atoms with Crippen LogP contribution in [0.5, 0.6) is 0 Å². The number of hydrogen-bond donors (Lipinski definition) is 1. The second-order valence-electron chi connectivity index (χ2n) is 4.91. The minimum absolute atomic E-state index is 0.543. The fourth-order valence-corrected chi connectivity index (χ4v) is 3.15. The van der Waals surface area contributed by atoms with E-state index in [0.717, 1.165) is 33.1 Å². The highest BCUT2D eigenvalue weighted by Gasteiger charge is 2.30. The van der Waals surface area contributed by atoms with Gasteiger partial charge in [0.05, 0.1) is 23.0 Å². The van der Waals surface area contributed by atoms with E-state index in [1.54, 1.807) is 0 Å². The van der Waals surface area contributed by atoms with Crippen LogP contribution in [0, 0.1) is 6.92 Å². The van der Waals surface area contributed by atoms with Crippen molar-refractivity contribution in [2.45, 2.75) is 25.8 Å². The smallest absolute Gasteiger partial charge is 0.146 e. The van der Waals surface area contributed by atoms with Crippen molar-refractivity contribution in [1.82, 2.24) is 18.9 Å². The molecule has 0 saturated heterocycles. The van der Waals surface area contributed by atoms with Crippen LogP contribution in [-0.4, -0.2) is 18.9 Å². The van der Waals surface area contributed by atoms with E-state index in [-0.39, 0.29) is 0 Å². The van der Waals surface area contributed by atoms with Gasteiger partial charge in [0.2, 0.25) is 0 Å². The number of nitrogens with two attached hydrogens (primary N) is 1. The van der Waals surface area contributed by atoms with Crippen molar-refractivity contribution < 1.29 is 0 Å². The molecule has 3 aromatic rings. The van der Waals surface area contributed by atoms with Crippen molar-refractivity contribution >= 4 is 27.6 Å². The van der Waals surface area contributed by atoms with Gasteiger partial charge in [-0.15, -0.1) is 0 Å². The van der Waals surface area contributed by atoms with Crippen molar-refractivity contribution in [3.63, 3.8) is 0 Å². The monoisotopic (exact) mass is 271 g/mol. The summed E-state index contributed by atoms with van der Waals surface area (Å²) in [5.74, 6) is 0.939. The Hall–Kier alpha value is -1.95. The van der Waals surface area contributed by atoms with Crippen LogP contribution in [0.3, 0.4) is 0 Å². The zero-order valence-corrected chi connectivity index (χ0v) is 11.3. The van der Waals surface area contributed by atoms with Crippen LogP contribution < -0.4 is 5.73 Å². The molecule has 0 aromatic carbocycles. The Balaban J connectivity index is 2.06. The second kappa shape index (κ2) is 3.77. The fraction of sp³-hybridized carbons (Fsp3) is 0.308. The molecule has 4 rings (SSSR count). The summed E-state index contributed by atoms with van der Waals surface area (Å²) in [5, 5.41) is 0.739. The molecule has 1 aliphatic carbocycles. The lowest BCUT2D eigenvalue weighted by molar-refractivity contribution is 0.775. The summed E-state index contributed by atoms with van der Waals surface area (Å²) in [5.41, 5.74) is 10.1. The molecule has 96 valence electrons. The van der Waals surface area contributed by atoms with Crippen molar-refractivity contribution in [3.05, 3.63) is 24.2 Å². The van der Waals surface area contributed by atoms with Crippen molar-refractivity contribution in [2.75, 3.05) is 5.73 Å². The molecule has 0 atom stereocenters. The third-order valence-electron chi connectivity index (χ3n) is 3.52. The maximum absolute atomic E-state index is 6.07. The summed E-state index contributed by atoms with van der Waals surface area (Å²) in [6.45, 7) is 1.98. The first kappa shape index (κ1) is 10.9. The Morgan fingerprint density at radius 3 is 2.95 bits per heavy atom. The lowest BCUT2D eigenvalue weighted by Crippen LogP contribution is -1.99. The Bertz CT molecular complexity index is 749. The molecule has 0 radical (unpaired) electrons. The standard InChI is InChI=1S/C13H13N5S/c1-7-11(12(14)19-17-7)13-16-9-6-15-5-4-10(9)18(13)8-2-3-8/h4-6,8H,2-3,14H2,1H3.